The molecular formula is C11H12N2O7. The Bertz CT molecular complexity index is 544. The van der Waals surface area contributed by atoms with Crippen molar-refractivity contribution in [2.24, 2.45) is 0 Å². The van der Waals surface area contributed by atoms with Crippen molar-refractivity contribution in [2.75, 3.05) is 12.4 Å². The van der Waals surface area contributed by atoms with Crippen LogP contribution in [0.25, 0.3) is 0 Å². The van der Waals surface area contributed by atoms with E-state index in [1.165, 1.54) is 25.3 Å². The summed E-state index contributed by atoms with van der Waals surface area (Å²) < 4.78 is 4.83. The van der Waals surface area contributed by atoms with Gasteiger partial charge in [0, 0.05) is 0 Å². The van der Waals surface area contributed by atoms with E-state index in [1.54, 1.807) is 0 Å². The van der Waals surface area contributed by atoms with Gasteiger partial charge in [0.25, 0.3) is 0 Å². The van der Waals surface area contributed by atoms with E-state index in [1.807, 2.05) is 0 Å². The highest BCUT2D eigenvalue weighted by molar-refractivity contribution is 5.85. The molecule has 3 N–H and O–H groups in total. The number of rotatable bonds is 7. The smallest absolute Gasteiger partial charge is 0.333 e. The first-order valence-corrected chi connectivity index (χ1v) is 5.39. The second-order valence-electron chi connectivity index (χ2n) is 3.75. The van der Waals surface area contributed by atoms with Crippen LogP contribution in [0.3, 0.4) is 0 Å². The van der Waals surface area contributed by atoms with E-state index in [0.29, 0.717) is 0 Å². The van der Waals surface area contributed by atoms with Gasteiger partial charge in [-0.2, -0.15) is 0 Å². The van der Waals surface area contributed by atoms with Gasteiger partial charge < -0.3 is 20.3 Å². The molecule has 0 aliphatic heterocycles. The van der Waals surface area contributed by atoms with Crippen LogP contribution in [0, 0.1) is 10.1 Å². The van der Waals surface area contributed by atoms with Gasteiger partial charge in [0.05, 0.1) is 18.5 Å². The average molecular weight is 284 g/mol. The number of nitro benzene ring substituents is 1. The largest absolute Gasteiger partial charge is 0.490 e. The van der Waals surface area contributed by atoms with Crippen LogP contribution >= 0.6 is 0 Å². The second-order valence-corrected chi connectivity index (χ2v) is 3.75. The quantitative estimate of drug-likeness (QED) is 0.496. The van der Waals surface area contributed by atoms with Crippen molar-refractivity contribution in [3.05, 3.63) is 28.3 Å². The van der Waals surface area contributed by atoms with Crippen molar-refractivity contribution in [2.45, 2.75) is 12.5 Å². The molecule has 0 fully saturated rings. The summed E-state index contributed by atoms with van der Waals surface area (Å²) in [6, 6.07) is 2.56. The lowest BCUT2D eigenvalue weighted by atomic mass is 10.1. The first-order valence-electron chi connectivity index (χ1n) is 5.39. The molecule has 9 nitrogen and oxygen atoms in total. The molecule has 1 unspecified atom stereocenters. The number of carboxylic acids is 2. The average Bonchev–Trinajstić information content (AvgIpc) is 2.36. The van der Waals surface area contributed by atoms with Crippen molar-refractivity contribution in [1.82, 2.24) is 0 Å². The number of para-hydroxylation sites is 1. The number of anilines is 1. The molecule has 0 aliphatic carbocycles. The highest BCUT2D eigenvalue weighted by atomic mass is 16.6. The molecule has 0 saturated carbocycles. The third-order valence-corrected chi connectivity index (χ3v) is 2.41. The van der Waals surface area contributed by atoms with Crippen LogP contribution in [0.2, 0.25) is 0 Å². The maximum absolute atomic E-state index is 11.0. The molecule has 108 valence electrons. The van der Waals surface area contributed by atoms with Gasteiger partial charge in [0.1, 0.15) is 11.7 Å². The fraction of sp³-hybridized carbons (Fsp3) is 0.273. The number of ether oxygens (including phenoxy) is 1. The first kappa shape index (κ1) is 15.2. The van der Waals surface area contributed by atoms with Crippen molar-refractivity contribution < 1.29 is 29.5 Å². The zero-order valence-corrected chi connectivity index (χ0v) is 10.4. The van der Waals surface area contributed by atoms with Crippen molar-refractivity contribution in [3.63, 3.8) is 0 Å². The third-order valence-electron chi connectivity index (χ3n) is 2.41. The number of nitro groups is 1. The molecule has 0 saturated heterocycles. The Morgan fingerprint density at radius 3 is 2.55 bits per heavy atom. The topological polar surface area (TPSA) is 139 Å². The van der Waals surface area contributed by atoms with Gasteiger partial charge in [-0.3, -0.25) is 14.9 Å². The normalized spacial score (nSPS) is 11.4. The SMILES string of the molecule is COc1cccc(NC(CC(=O)O)C(=O)O)c1[N+](=O)[O-]. The van der Waals surface area contributed by atoms with E-state index in [0.717, 1.165) is 0 Å². The Balaban J connectivity index is 3.15. The number of benzene rings is 1. The zero-order chi connectivity index (χ0) is 15.3. The minimum Gasteiger partial charge on any atom is -0.490 e. The van der Waals surface area contributed by atoms with E-state index >= 15 is 0 Å². The van der Waals surface area contributed by atoms with Gasteiger partial charge in [-0.1, -0.05) is 6.07 Å². The van der Waals surface area contributed by atoms with Crippen LogP contribution in [-0.2, 0) is 9.59 Å². The van der Waals surface area contributed by atoms with E-state index in [4.69, 9.17) is 14.9 Å². The maximum Gasteiger partial charge on any atom is 0.333 e. The van der Waals surface area contributed by atoms with E-state index in [-0.39, 0.29) is 11.4 Å². The van der Waals surface area contributed by atoms with E-state index in [2.05, 4.69) is 5.32 Å². The molecule has 0 aromatic heterocycles. The monoisotopic (exact) mass is 284 g/mol. The molecule has 1 rings (SSSR count). The number of hydrogen-bond acceptors (Lipinski definition) is 6. The van der Waals surface area contributed by atoms with Crippen LogP contribution in [0.5, 0.6) is 5.75 Å². The lowest BCUT2D eigenvalue weighted by Crippen LogP contribution is -2.32. The van der Waals surface area contributed by atoms with Crippen molar-refractivity contribution in [3.8, 4) is 5.75 Å². The lowest BCUT2D eigenvalue weighted by molar-refractivity contribution is -0.384. The second kappa shape index (κ2) is 6.36. The summed E-state index contributed by atoms with van der Waals surface area (Å²) in [5, 5.41) is 30.9. The molecule has 0 radical (unpaired) electrons. The Morgan fingerprint density at radius 2 is 2.10 bits per heavy atom. The Labute approximate surface area is 112 Å². The van der Waals surface area contributed by atoms with Crippen LogP contribution in [0.4, 0.5) is 11.4 Å². The summed E-state index contributed by atoms with van der Waals surface area (Å²) in [7, 11) is 1.23. The molecule has 1 aromatic carbocycles. The molecular weight excluding hydrogens is 272 g/mol. The predicted molar refractivity (Wildman–Crippen MR) is 66.9 cm³/mol. The Hall–Kier alpha value is -2.84. The Morgan fingerprint density at radius 1 is 1.45 bits per heavy atom. The minimum atomic E-state index is -1.49. The summed E-state index contributed by atoms with van der Waals surface area (Å²) in [5.41, 5.74) is -0.574. The summed E-state index contributed by atoms with van der Waals surface area (Å²) in [5.74, 6) is -2.82. The van der Waals surface area contributed by atoms with Gasteiger partial charge in [-0.25, -0.2) is 4.79 Å². The maximum atomic E-state index is 11.0. The van der Waals surface area contributed by atoms with Gasteiger partial charge >= 0.3 is 17.6 Å². The summed E-state index contributed by atoms with van der Waals surface area (Å²) >= 11 is 0. The number of nitrogens with one attached hydrogen (secondary N) is 1. The van der Waals surface area contributed by atoms with Gasteiger partial charge in [0.15, 0.2) is 5.75 Å². The van der Waals surface area contributed by atoms with E-state index in [9.17, 15) is 19.7 Å². The number of carboxylic acid groups (broad SMARTS) is 2. The Kier molecular flexibility index (Phi) is 4.84. The number of carbonyl (C=O) groups is 2. The van der Waals surface area contributed by atoms with Crippen LogP contribution in [0.15, 0.2) is 18.2 Å². The van der Waals surface area contributed by atoms with Crippen LogP contribution < -0.4 is 10.1 Å². The summed E-state index contributed by atoms with van der Waals surface area (Å²) in [4.78, 5) is 31.8. The lowest BCUT2D eigenvalue weighted by Gasteiger charge is -2.14. The van der Waals surface area contributed by atoms with Crippen molar-refractivity contribution in [1.29, 1.82) is 0 Å². The molecule has 0 heterocycles. The summed E-state index contributed by atoms with van der Waals surface area (Å²) in [6.45, 7) is 0. The fourth-order valence-corrected chi connectivity index (χ4v) is 1.55. The van der Waals surface area contributed by atoms with E-state index < -0.39 is 35.0 Å². The molecule has 1 aromatic rings. The highest BCUT2D eigenvalue weighted by Gasteiger charge is 2.26. The van der Waals surface area contributed by atoms with Gasteiger partial charge in [0.2, 0.25) is 0 Å². The zero-order valence-electron chi connectivity index (χ0n) is 10.4. The van der Waals surface area contributed by atoms with Crippen LogP contribution in [0.1, 0.15) is 6.42 Å². The number of nitrogens with zero attached hydrogens (tertiary/aromatic N) is 1. The van der Waals surface area contributed by atoms with Gasteiger partial charge in [-0.15, -0.1) is 0 Å². The fourth-order valence-electron chi connectivity index (χ4n) is 1.55. The highest BCUT2D eigenvalue weighted by Crippen LogP contribution is 2.34. The number of methoxy groups -OCH3 is 1. The molecule has 9 heteroatoms. The summed E-state index contributed by atoms with van der Waals surface area (Å²) in [6.07, 6.45) is -0.719. The predicted octanol–water partition coefficient (Wildman–Crippen LogP) is 0.943. The molecule has 1 atom stereocenters. The molecule has 0 amide bonds. The van der Waals surface area contributed by atoms with Crippen molar-refractivity contribution >= 4 is 23.3 Å². The minimum absolute atomic E-state index is 0.0561. The van der Waals surface area contributed by atoms with Crippen LogP contribution in [-0.4, -0.2) is 40.2 Å². The number of hydrogen-bond donors (Lipinski definition) is 3. The molecule has 20 heavy (non-hydrogen) atoms. The number of aliphatic carboxylic acids is 2. The molecule has 0 aliphatic rings. The first-order chi connectivity index (χ1) is 9.36. The third kappa shape index (κ3) is 3.57. The molecule has 0 spiro atoms. The standard InChI is InChI=1S/C11H12N2O7/c1-20-8-4-2-3-6(10(8)13(18)19)12-7(11(16)17)5-9(14)15/h2-4,7,12H,5H2,1H3,(H,14,15)(H,16,17). The van der Waals surface area contributed by atoms with Gasteiger partial charge in [-0.05, 0) is 12.1 Å². The molecule has 0 bridgehead atoms.